The van der Waals surface area contributed by atoms with Crippen LogP contribution in [0.3, 0.4) is 0 Å². The van der Waals surface area contributed by atoms with Gasteiger partial charge in [-0.3, -0.25) is 4.79 Å². The summed E-state index contributed by atoms with van der Waals surface area (Å²) in [6, 6.07) is 2.77. The summed E-state index contributed by atoms with van der Waals surface area (Å²) in [7, 11) is 0. The van der Waals surface area contributed by atoms with Crippen molar-refractivity contribution in [2.24, 2.45) is 5.92 Å². The first-order valence-electron chi connectivity index (χ1n) is 6.70. The lowest BCUT2D eigenvalue weighted by atomic mass is 10.2. The highest BCUT2D eigenvalue weighted by atomic mass is 16.7. The quantitative estimate of drug-likeness (QED) is 0.813. The van der Waals surface area contributed by atoms with Crippen LogP contribution in [-0.4, -0.2) is 36.9 Å². The van der Waals surface area contributed by atoms with E-state index in [0.717, 1.165) is 12.8 Å². The number of rotatable bonds is 6. The van der Waals surface area contributed by atoms with Crippen LogP contribution in [-0.2, 0) is 4.79 Å². The zero-order valence-corrected chi connectivity index (χ0v) is 11.3. The van der Waals surface area contributed by atoms with Gasteiger partial charge in [-0.2, -0.15) is 0 Å². The Kier molecular flexibility index (Phi) is 3.55. The Labute approximate surface area is 120 Å². The van der Waals surface area contributed by atoms with E-state index >= 15 is 0 Å². The number of fused-ring (bicyclic) bond motifs is 1. The van der Waals surface area contributed by atoms with Crippen molar-refractivity contribution in [3.63, 3.8) is 0 Å². The number of ether oxygens (including phenoxy) is 3. The van der Waals surface area contributed by atoms with E-state index < -0.39 is 5.97 Å². The van der Waals surface area contributed by atoms with Crippen LogP contribution < -0.4 is 19.5 Å². The zero-order chi connectivity index (χ0) is 14.8. The van der Waals surface area contributed by atoms with Crippen LogP contribution in [0.5, 0.6) is 17.2 Å². The lowest BCUT2D eigenvalue weighted by molar-refractivity contribution is -0.123. The predicted octanol–water partition coefficient (Wildman–Crippen LogP) is 1.02. The molecule has 0 radical (unpaired) electrons. The van der Waals surface area contributed by atoms with Gasteiger partial charge in [-0.15, -0.1) is 0 Å². The Morgan fingerprint density at radius 2 is 2.00 bits per heavy atom. The number of hydrogen-bond acceptors (Lipinski definition) is 5. The molecule has 1 saturated carbocycles. The lowest BCUT2D eigenvalue weighted by Gasteiger charge is -2.10. The van der Waals surface area contributed by atoms with E-state index in [1.54, 1.807) is 0 Å². The fourth-order valence-corrected chi connectivity index (χ4v) is 1.98. The molecule has 1 heterocycles. The molecule has 0 saturated heterocycles. The van der Waals surface area contributed by atoms with E-state index in [2.05, 4.69) is 5.32 Å². The van der Waals surface area contributed by atoms with Crippen LogP contribution in [0.2, 0.25) is 0 Å². The van der Waals surface area contributed by atoms with E-state index in [-0.39, 0.29) is 30.6 Å². The molecule has 0 aromatic heterocycles. The van der Waals surface area contributed by atoms with Gasteiger partial charge in [0.25, 0.3) is 5.91 Å². The molecule has 7 nitrogen and oxygen atoms in total. The Morgan fingerprint density at radius 1 is 1.29 bits per heavy atom. The molecule has 0 bridgehead atoms. The number of carboxylic acid groups (broad SMARTS) is 1. The minimum absolute atomic E-state index is 0.0414. The predicted molar refractivity (Wildman–Crippen MR) is 70.8 cm³/mol. The third-order valence-corrected chi connectivity index (χ3v) is 3.35. The van der Waals surface area contributed by atoms with Gasteiger partial charge in [0.05, 0.1) is 0 Å². The topological polar surface area (TPSA) is 94.1 Å². The van der Waals surface area contributed by atoms with Gasteiger partial charge >= 0.3 is 5.97 Å². The van der Waals surface area contributed by atoms with Crippen LogP contribution in [0.25, 0.3) is 0 Å². The normalized spacial score (nSPS) is 15.6. The minimum Gasteiger partial charge on any atom is -0.483 e. The maximum absolute atomic E-state index is 11.6. The van der Waals surface area contributed by atoms with Crippen LogP contribution in [0.4, 0.5) is 0 Å². The van der Waals surface area contributed by atoms with Gasteiger partial charge in [-0.1, -0.05) is 0 Å². The molecule has 1 amide bonds. The molecular weight excluding hydrogens is 278 g/mol. The highest BCUT2D eigenvalue weighted by Gasteiger charge is 2.23. The molecule has 21 heavy (non-hydrogen) atoms. The van der Waals surface area contributed by atoms with Crippen molar-refractivity contribution in [1.29, 1.82) is 0 Å². The number of carboxylic acids is 1. The van der Waals surface area contributed by atoms with Gasteiger partial charge < -0.3 is 24.6 Å². The number of hydrogen-bond donors (Lipinski definition) is 2. The summed E-state index contributed by atoms with van der Waals surface area (Å²) < 4.78 is 15.6. The Hall–Kier alpha value is -2.44. The fourth-order valence-electron chi connectivity index (χ4n) is 1.98. The van der Waals surface area contributed by atoms with Crippen LogP contribution in [0.15, 0.2) is 12.1 Å². The molecule has 0 atom stereocenters. The second-order valence-corrected chi connectivity index (χ2v) is 5.04. The van der Waals surface area contributed by atoms with E-state index in [1.165, 1.54) is 12.1 Å². The Morgan fingerprint density at radius 3 is 2.67 bits per heavy atom. The molecule has 2 N–H and O–H groups in total. The fraction of sp³-hybridized carbons (Fsp3) is 0.429. The van der Waals surface area contributed by atoms with E-state index in [1.807, 2.05) is 0 Å². The first kappa shape index (κ1) is 13.5. The summed E-state index contributed by atoms with van der Waals surface area (Å²) in [5, 5.41) is 11.9. The number of carbonyl (C=O) groups excluding carboxylic acids is 1. The van der Waals surface area contributed by atoms with Crippen molar-refractivity contribution < 1.29 is 28.9 Å². The van der Waals surface area contributed by atoms with Crippen LogP contribution >= 0.6 is 0 Å². The molecule has 1 aromatic rings. The molecule has 1 fully saturated rings. The highest BCUT2D eigenvalue weighted by molar-refractivity contribution is 5.92. The third kappa shape index (κ3) is 3.18. The van der Waals surface area contributed by atoms with Gasteiger partial charge in [-0.25, -0.2) is 4.79 Å². The summed E-state index contributed by atoms with van der Waals surface area (Å²) in [5.74, 6) is 0.0197. The molecule has 2 aliphatic rings. The van der Waals surface area contributed by atoms with Gasteiger partial charge in [0.15, 0.2) is 18.1 Å². The Bertz CT molecular complexity index is 581. The molecule has 1 aromatic carbocycles. The largest absolute Gasteiger partial charge is 0.483 e. The van der Waals surface area contributed by atoms with Crippen molar-refractivity contribution >= 4 is 11.9 Å². The number of benzene rings is 1. The number of carbonyl (C=O) groups is 2. The van der Waals surface area contributed by atoms with Crippen molar-refractivity contribution in [2.45, 2.75) is 12.8 Å². The first-order chi connectivity index (χ1) is 10.1. The van der Waals surface area contributed by atoms with Crippen LogP contribution in [0.1, 0.15) is 23.2 Å². The van der Waals surface area contributed by atoms with Crippen molar-refractivity contribution in [2.75, 3.05) is 19.9 Å². The molecule has 1 aliphatic carbocycles. The second kappa shape index (κ2) is 5.51. The average Bonchev–Trinajstić information content (AvgIpc) is 3.18. The van der Waals surface area contributed by atoms with Gasteiger partial charge in [0.1, 0.15) is 11.3 Å². The molecular formula is C14H15NO6. The summed E-state index contributed by atoms with van der Waals surface area (Å²) in [5.41, 5.74) is -0.0609. The van der Waals surface area contributed by atoms with Gasteiger partial charge in [0, 0.05) is 18.7 Å². The van der Waals surface area contributed by atoms with Crippen LogP contribution in [0, 0.1) is 5.92 Å². The van der Waals surface area contributed by atoms with E-state index in [4.69, 9.17) is 19.3 Å². The SMILES string of the molecule is O=C(COc1cc2c(cc1C(=O)O)OCO2)NCC1CC1. The van der Waals surface area contributed by atoms with Crippen molar-refractivity contribution in [3.8, 4) is 17.2 Å². The summed E-state index contributed by atoms with van der Waals surface area (Å²) in [4.78, 5) is 22.8. The zero-order valence-electron chi connectivity index (χ0n) is 11.3. The maximum atomic E-state index is 11.6. The monoisotopic (exact) mass is 293 g/mol. The first-order valence-corrected chi connectivity index (χ1v) is 6.70. The highest BCUT2D eigenvalue weighted by Crippen LogP contribution is 2.38. The number of nitrogens with one attached hydrogen (secondary N) is 1. The molecule has 112 valence electrons. The smallest absolute Gasteiger partial charge is 0.339 e. The minimum atomic E-state index is -1.15. The molecule has 0 unspecified atom stereocenters. The average molecular weight is 293 g/mol. The van der Waals surface area contributed by atoms with Crippen molar-refractivity contribution in [1.82, 2.24) is 5.32 Å². The summed E-state index contributed by atoms with van der Waals surface area (Å²) >= 11 is 0. The molecule has 7 heteroatoms. The number of aromatic carboxylic acids is 1. The Balaban J connectivity index is 1.65. The second-order valence-electron chi connectivity index (χ2n) is 5.04. The standard InChI is InChI=1S/C14H15NO6/c16-13(15-5-8-1-2-8)6-19-10-4-12-11(20-7-21-12)3-9(10)14(17)18/h3-4,8H,1-2,5-7H2,(H,15,16)(H,17,18). The summed E-state index contributed by atoms with van der Waals surface area (Å²) in [6.45, 7) is 0.460. The molecule has 3 rings (SSSR count). The molecule has 1 aliphatic heterocycles. The van der Waals surface area contributed by atoms with Crippen molar-refractivity contribution in [3.05, 3.63) is 17.7 Å². The van der Waals surface area contributed by atoms with Gasteiger partial charge in [0.2, 0.25) is 6.79 Å². The number of amides is 1. The maximum Gasteiger partial charge on any atom is 0.339 e. The van der Waals surface area contributed by atoms with E-state index in [9.17, 15) is 9.59 Å². The summed E-state index contributed by atoms with van der Waals surface area (Å²) in [6.07, 6.45) is 2.29. The lowest BCUT2D eigenvalue weighted by Crippen LogP contribution is -2.30. The third-order valence-electron chi connectivity index (χ3n) is 3.35. The van der Waals surface area contributed by atoms with Gasteiger partial charge in [-0.05, 0) is 18.8 Å². The molecule has 0 spiro atoms. The van der Waals surface area contributed by atoms with E-state index in [0.29, 0.717) is 24.0 Å².